The van der Waals surface area contributed by atoms with E-state index in [1.54, 1.807) is 0 Å². The number of nitrogens with one attached hydrogen (secondary N) is 3. The summed E-state index contributed by atoms with van der Waals surface area (Å²) < 4.78 is 38.4. The lowest BCUT2D eigenvalue weighted by Gasteiger charge is -2.20. The van der Waals surface area contributed by atoms with Crippen LogP contribution in [0, 0.1) is 0 Å². The minimum absolute atomic E-state index is 0.104. The van der Waals surface area contributed by atoms with Gasteiger partial charge in [-0.2, -0.15) is 0 Å². The molecular formula is C53H98N3O58P. The Morgan fingerprint density at radius 2 is 0.687 bits per heavy atom. The van der Waals surface area contributed by atoms with Crippen molar-refractivity contribution in [1.82, 2.24) is 16.0 Å². The highest BCUT2D eigenvalue weighted by molar-refractivity contribution is 7.47. The zero-order valence-corrected chi connectivity index (χ0v) is 63.2. The summed E-state index contributed by atoms with van der Waals surface area (Å²) in [5.74, 6) is -3.63. The molecule has 0 bridgehead atoms. The van der Waals surface area contributed by atoms with Gasteiger partial charge in [0, 0.05) is 210 Å². The second-order valence-electron chi connectivity index (χ2n) is 21.6. The lowest BCUT2D eigenvalue weighted by molar-refractivity contribution is -0.909. The quantitative estimate of drug-likeness (QED) is 0.00721. The first kappa shape index (κ1) is 110. The Hall–Kier alpha value is -5.45. The number of phosphoric ester groups is 1. The third-order valence-electron chi connectivity index (χ3n) is 13.1. The van der Waals surface area contributed by atoms with Crippen molar-refractivity contribution < 1.29 is 288 Å². The van der Waals surface area contributed by atoms with Crippen LogP contribution in [0.4, 0.5) is 4.79 Å². The average Bonchev–Trinajstić information content (AvgIpc) is 0.906. The smallest absolute Gasteiger partial charge is 0.472 e. The van der Waals surface area contributed by atoms with Gasteiger partial charge in [0.05, 0.1) is 13.2 Å². The topological polar surface area (TPSA) is 648 Å². The molecule has 3 amide bonds. The lowest BCUT2D eigenvalue weighted by atomic mass is 10.0. The number of carbonyl (C=O) groups excluding carboxylic acids is 5. The molecular weight excluding hydrogens is 1640 g/mol. The Balaban J connectivity index is 3.80. The van der Waals surface area contributed by atoms with E-state index in [1.165, 1.54) is 128 Å². The molecule has 678 valence electrons. The van der Waals surface area contributed by atoms with E-state index in [4.69, 9.17) is 28.4 Å². The largest absolute Gasteiger partial charge is 0.480 e. The van der Waals surface area contributed by atoms with Crippen molar-refractivity contribution in [2.24, 2.45) is 0 Å². The standard InChI is InChI=1S/C53H98N3O58P/c1-4-6-8-10-12-14-16-18-20-22-24-26-28-30-32-34-50(59)67-44-47(72-51(60)35-33-31-29-27-25-23-21-19-17-15-13-11-9-7-5-2)45-71-115(64,65)70-41-39-55-53(63)66-42-43-69-74-76-78-80-82-84-86-88-90-92-94-96-98-100-102-104-106-108-110-112-114-113-111-109-107-105-103-101-99-97-95-93-91-89-87-85-83-81-79-77-75-73-68-40-38-54-49(58)37-36-48(52(61)62)56-46(3)57/h38,40,47-48H,4-37,39,41-45H2,1-3H3,(H,54,58)(H,55,63)(H,56,57)(H,61,62)(H,64,65)/b40-38-/t47?,48-/m0/s1. The van der Waals surface area contributed by atoms with Gasteiger partial charge in [-0.05, 0) is 59.6 Å². The van der Waals surface area contributed by atoms with E-state index >= 15 is 0 Å². The van der Waals surface area contributed by atoms with Crippen LogP contribution in [0.2, 0.25) is 0 Å². The highest BCUT2D eigenvalue weighted by Gasteiger charge is 2.27. The van der Waals surface area contributed by atoms with E-state index in [-0.39, 0.29) is 32.2 Å². The van der Waals surface area contributed by atoms with E-state index in [9.17, 15) is 38.2 Å². The zero-order chi connectivity index (χ0) is 83.6. The van der Waals surface area contributed by atoms with Crippen LogP contribution in [0.25, 0.3) is 0 Å². The fraction of sp³-hybridized carbons (Fsp3) is 0.849. The molecule has 0 spiro atoms. The first-order valence-corrected chi connectivity index (χ1v) is 36.4. The number of carboxylic acid groups (broad SMARTS) is 1. The molecule has 2 unspecified atom stereocenters. The number of unbranched alkanes of at least 4 members (excludes halogenated alkanes) is 28. The maximum Gasteiger partial charge on any atom is 0.472 e. The van der Waals surface area contributed by atoms with E-state index in [0.717, 1.165) is 64.5 Å². The van der Waals surface area contributed by atoms with Crippen LogP contribution in [0.15, 0.2) is 12.5 Å². The van der Waals surface area contributed by atoms with E-state index in [1.807, 2.05) is 0 Å². The maximum atomic E-state index is 12.9. The summed E-state index contributed by atoms with van der Waals surface area (Å²) in [6, 6.07) is -1.27. The van der Waals surface area contributed by atoms with Gasteiger partial charge in [-0.15, -0.1) is 0 Å². The first-order valence-electron chi connectivity index (χ1n) is 34.9. The van der Waals surface area contributed by atoms with E-state index in [0.29, 0.717) is 19.1 Å². The Morgan fingerprint density at radius 3 is 1.03 bits per heavy atom. The Kier molecular flexibility index (Phi) is 85.1. The van der Waals surface area contributed by atoms with E-state index in [2.05, 4.69) is 251 Å². The molecule has 0 aromatic rings. The molecule has 0 aromatic heterocycles. The number of carbonyl (C=O) groups is 6. The van der Waals surface area contributed by atoms with Gasteiger partial charge in [-0.1, -0.05) is 194 Å². The summed E-state index contributed by atoms with van der Waals surface area (Å²) in [6.45, 7) is 2.78. The van der Waals surface area contributed by atoms with Gasteiger partial charge in [-0.25, -0.2) is 19.0 Å². The molecule has 115 heavy (non-hydrogen) atoms. The van der Waals surface area contributed by atoms with Gasteiger partial charge in [0.2, 0.25) is 11.8 Å². The number of alkyl carbamates (subject to hydrolysis) is 1. The number of esters is 2. The molecule has 62 heteroatoms. The van der Waals surface area contributed by atoms with Crippen molar-refractivity contribution in [2.75, 3.05) is 39.6 Å². The van der Waals surface area contributed by atoms with Crippen LogP contribution >= 0.6 is 7.82 Å². The number of phosphoric acid groups is 1. The molecule has 0 aliphatic carbocycles. The van der Waals surface area contributed by atoms with Crippen molar-refractivity contribution in [3.05, 3.63) is 12.5 Å². The number of ether oxygens (including phenoxy) is 3. The monoisotopic (exact) mass is 1740 g/mol. The average molecular weight is 1740 g/mol. The fourth-order valence-electron chi connectivity index (χ4n) is 8.20. The SMILES string of the molecule is CCCCCCCCCCCCCCCCCC(=O)OCC(COP(=O)(O)OCCNC(=O)OCCOOOOOOOOOOOOOOOOOOOOOOOOOOOOOOOOOOOOOOOOOOOO/C=C\NC(=O)CC[C@H](NC(C)=O)C(=O)O)OC(=O)CCCCCCCCCCCCCCCCC. The van der Waals surface area contributed by atoms with Gasteiger partial charge >= 0.3 is 31.8 Å². The fourth-order valence-corrected chi connectivity index (χ4v) is 8.95. The summed E-state index contributed by atoms with van der Waals surface area (Å²) in [4.78, 5) is 90.1. The second-order valence-corrected chi connectivity index (χ2v) is 23.1. The minimum Gasteiger partial charge on any atom is -0.480 e. The van der Waals surface area contributed by atoms with Crippen molar-refractivity contribution in [3.8, 4) is 0 Å². The molecule has 0 fully saturated rings. The number of aliphatic carboxylic acids is 1. The summed E-state index contributed by atoms with van der Waals surface area (Å²) in [5.41, 5.74) is 0. The molecule has 0 aromatic carbocycles. The first-order chi connectivity index (χ1) is 56.3. The Morgan fingerprint density at radius 1 is 0.365 bits per heavy atom. The summed E-state index contributed by atoms with van der Waals surface area (Å²) in [6.07, 6.45) is 34.4. The third kappa shape index (κ3) is 89.2. The van der Waals surface area contributed by atoms with E-state index < -0.39 is 88.8 Å². The molecule has 0 saturated heterocycles. The van der Waals surface area contributed by atoms with Crippen molar-refractivity contribution in [1.29, 1.82) is 0 Å². The van der Waals surface area contributed by atoms with Crippen molar-refractivity contribution in [2.45, 2.75) is 251 Å². The molecule has 0 aliphatic rings. The van der Waals surface area contributed by atoms with Crippen LogP contribution < -0.4 is 16.0 Å². The summed E-state index contributed by atoms with van der Waals surface area (Å²) >= 11 is 0. The van der Waals surface area contributed by atoms with Gasteiger partial charge in [0.1, 0.15) is 32.1 Å². The number of hydrogen-bond acceptors (Lipinski definition) is 56. The van der Waals surface area contributed by atoms with Gasteiger partial charge in [0.25, 0.3) is 0 Å². The summed E-state index contributed by atoms with van der Waals surface area (Å²) in [7, 11) is -4.77. The Labute approximate surface area is 649 Å². The number of carboxylic acids is 1. The minimum atomic E-state index is -4.77. The molecule has 3 atom stereocenters. The third-order valence-corrected chi connectivity index (χ3v) is 14.1. The second kappa shape index (κ2) is 89.3. The molecule has 0 rings (SSSR count). The molecule has 0 saturated carbocycles. The van der Waals surface area contributed by atoms with Gasteiger partial charge in [0.15, 0.2) is 6.10 Å². The van der Waals surface area contributed by atoms with Gasteiger partial charge < -0.3 is 45.0 Å². The van der Waals surface area contributed by atoms with Crippen LogP contribution in [0.3, 0.4) is 0 Å². The van der Waals surface area contributed by atoms with Crippen LogP contribution in [-0.4, -0.2) is 97.5 Å². The molecule has 61 nitrogen and oxygen atoms in total. The van der Waals surface area contributed by atoms with Crippen molar-refractivity contribution >= 4 is 43.6 Å². The van der Waals surface area contributed by atoms with Gasteiger partial charge in [-0.3, -0.25) is 28.2 Å². The summed E-state index contributed by atoms with van der Waals surface area (Å²) in [5, 5.41) is 167. The number of rotatable bonds is 95. The highest BCUT2D eigenvalue weighted by atomic mass is 31.2. The number of hydrogen-bond donors (Lipinski definition) is 5. The molecule has 0 radical (unpaired) electrons. The maximum absolute atomic E-state index is 12.9. The number of amides is 3. The lowest BCUT2D eigenvalue weighted by Crippen LogP contribution is -2.40. The molecule has 0 heterocycles. The highest BCUT2D eigenvalue weighted by Crippen LogP contribution is 2.43. The normalized spacial score (nSPS) is 12.6. The van der Waals surface area contributed by atoms with Crippen molar-refractivity contribution in [3.63, 3.8) is 0 Å². The van der Waals surface area contributed by atoms with Crippen LogP contribution in [-0.2, 0) is 273 Å². The van der Waals surface area contributed by atoms with Crippen LogP contribution in [0.5, 0.6) is 0 Å². The molecule has 5 N–H and O–H groups in total. The van der Waals surface area contributed by atoms with Crippen LogP contribution in [0.1, 0.15) is 239 Å². The Bertz CT molecular complexity index is 2260. The predicted molar refractivity (Wildman–Crippen MR) is 325 cm³/mol. The predicted octanol–water partition coefficient (Wildman–Crippen LogP) is 8.86. The zero-order valence-electron chi connectivity index (χ0n) is 62.3. The molecule has 0 aliphatic heterocycles.